The fourth-order valence-electron chi connectivity index (χ4n) is 2.15. The molecule has 0 radical (unpaired) electrons. The third kappa shape index (κ3) is 5.07. The molecule has 2 rings (SSSR count). The monoisotopic (exact) mass is 313 g/mol. The van der Waals surface area contributed by atoms with E-state index < -0.39 is 0 Å². The molecule has 2 aromatic rings. The summed E-state index contributed by atoms with van der Waals surface area (Å²) in [6.07, 6.45) is 0. The van der Waals surface area contributed by atoms with E-state index in [1.165, 1.54) is 0 Å². The Morgan fingerprint density at radius 1 is 1.22 bits per heavy atom. The number of aliphatic hydroxyl groups is 1. The Balaban J connectivity index is 2.01. The van der Waals surface area contributed by atoms with E-state index >= 15 is 0 Å². The lowest BCUT2D eigenvalue weighted by Gasteiger charge is -2.10. The van der Waals surface area contributed by atoms with Crippen molar-refractivity contribution in [3.05, 3.63) is 59.4 Å². The summed E-state index contributed by atoms with van der Waals surface area (Å²) in [5.74, 6) is 0.205. The molecule has 0 saturated carbocycles. The number of amides is 1. The summed E-state index contributed by atoms with van der Waals surface area (Å²) in [4.78, 5) is 16.5. The molecule has 122 valence electrons. The van der Waals surface area contributed by atoms with Gasteiger partial charge in [-0.2, -0.15) is 0 Å². The van der Waals surface area contributed by atoms with E-state index in [0.717, 1.165) is 17.1 Å². The van der Waals surface area contributed by atoms with E-state index in [1.807, 2.05) is 30.3 Å². The van der Waals surface area contributed by atoms with Gasteiger partial charge in [-0.1, -0.05) is 26.0 Å². The van der Waals surface area contributed by atoms with Gasteiger partial charge in [-0.15, -0.1) is 0 Å². The molecule has 1 heterocycles. The summed E-state index contributed by atoms with van der Waals surface area (Å²) in [6, 6.07) is 13.3. The number of carbonyl (C=O) groups is 1. The second-order valence-electron chi connectivity index (χ2n) is 5.62. The Labute approximate surface area is 136 Å². The van der Waals surface area contributed by atoms with Crippen LogP contribution in [0.2, 0.25) is 0 Å². The molecule has 1 aromatic carbocycles. The molecule has 1 amide bonds. The van der Waals surface area contributed by atoms with Crippen molar-refractivity contribution >= 4 is 11.6 Å². The molecule has 0 aliphatic rings. The van der Waals surface area contributed by atoms with Crippen molar-refractivity contribution in [2.45, 2.75) is 26.3 Å². The molecule has 0 atom stereocenters. The van der Waals surface area contributed by atoms with Crippen molar-refractivity contribution < 1.29 is 9.90 Å². The number of anilines is 1. The number of carbonyl (C=O) groups excluding carboxylic acids is 1. The lowest BCUT2D eigenvalue weighted by Crippen LogP contribution is -2.26. The fourth-order valence-corrected chi connectivity index (χ4v) is 2.15. The summed E-state index contributed by atoms with van der Waals surface area (Å²) in [6.45, 7) is 5.02. The zero-order valence-electron chi connectivity index (χ0n) is 13.5. The molecule has 23 heavy (non-hydrogen) atoms. The van der Waals surface area contributed by atoms with Crippen LogP contribution < -0.4 is 10.6 Å². The van der Waals surface area contributed by atoms with Gasteiger partial charge >= 0.3 is 0 Å². The molecule has 0 spiro atoms. The number of hydrogen-bond acceptors (Lipinski definition) is 4. The van der Waals surface area contributed by atoms with Gasteiger partial charge in [0, 0.05) is 23.5 Å². The number of aliphatic hydroxyl groups excluding tert-OH is 1. The zero-order valence-corrected chi connectivity index (χ0v) is 13.5. The minimum absolute atomic E-state index is 0.0679. The number of nitrogens with one attached hydrogen (secondary N) is 2. The van der Waals surface area contributed by atoms with Crippen molar-refractivity contribution in [1.29, 1.82) is 0 Å². The maximum absolute atomic E-state index is 11.9. The predicted molar refractivity (Wildman–Crippen MR) is 91.5 cm³/mol. The molecule has 5 heteroatoms. The first-order chi connectivity index (χ1) is 11.1. The average Bonchev–Trinajstić information content (AvgIpc) is 2.58. The van der Waals surface area contributed by atoms with E-state index in [4.69, 9.17) is 5.11 Å². The number of rotatable bonds is 7. The molecular weight excluding hydrogens is 290 g/mol. The van der Waals surface area contributed by atoms with Crippen LogP contribution in [0.4, 0.5) is 5.69 Å². The average molecular weight is 313 g/mol. The molecule has 0 aliphatic heterocycles. The standard InChI is InChI=1S/C18H23N3O2/c1-13(2)17-8-4-7-16(21-17)12-20-15-6-3-5-14(11-15)18(23)19-9-10-22/h3-8,11,13,20,22H,9-10,12H2,1-2H3,(H,19,23). The minimum atomic E-state index is -0.192. The smallest absolute Gasteiger partial charge is 0.251 e. The summed E-state index contributed by atoms with van der Waals surface area (Å²) < 4.78 is 0. The lowest BCUT2D eigenvalue weighted by molar-refractivity contribution is 0.0945. The SMILES string of the molecule is CC(C)c1cccc(CNc2cccc(C(=O)NCCO)c2)n1. The van der Waals surface area contributed by atoms with Crippen molar-refractivity contribution in [3.8, 4) is 0 Å². The summed E-state index contributed by atoms with van der Waals surface area (Å²) in [5.41, 5.74) is 3.46. The Morgan fingerprint density at radius 3 is 2.74 bits per heavy atom. The lowest BCUT2D eigenvalue weighted by atomic mass is 10.1. The zero-order chi connectivity index (χ0) is 16.7. The second-order valence-corrected chi connectivity index (χ2v) is 5.62. The van der Waals surface area contributed by atoms with Crippen LogP contribution in [0.5, 0.6) is 0 Å². The van der Waals surface area contributed by atoms with Crippen LogP contribution in [0, 0.1) is 0 Å². The van der Waals surface area contributed by atoms with Gasteiger partial charge in [-0.25, -0.2) is 0 Å². The van der Waals surface area contributed by atoms with Gasteiger partial charge < -0.3 is 15.7 Å². The first kappa shape index (κ1) is 17.0. The van der Waals surface area contributed by atoms with Crippen molar-refractivity contribution in [3.63, 3.8) is 0 Å². The molecule has 5 nitrogen and oxygen atoms in total. The number of pyridine rings is 1. The van der Waals surface area contributed by atoms with Crippen molar-refractivity contribution in [2.75, 3.05) is 18.5 Å². The van der Waals surface area contributed by atoms with Gasteiger partial charge in [0.1, 0.15) is 0 Å². The van der Waals surface area contributed by atoms with Crippen LogP contribution >= 0.6 is 0 Å². The number of nitrogens with zero attached hydrogens (tertiary/aromatic N) is 1. The highest BCUT2D eigenvalue weighted by atomic mass is 16.3. The maximum Gasteiger partial charge on any atom is 0.251 e. The fraction of sp³-hybridized carbons (Fsp3) is 0.333. The first-order valence-corrected chi connectivity index (χ1v) is 7.79. The van der Waals surface area contributed by atoms with Gasteiger partial charge in [-0.3, -0.25) is 9.78 Å². The predicted octanol–water partition coefficient (Wildman–Crippen LogP) is 2.54. The maximum atomic E-state index is 11.9. The number of benzene rings is 1. The van der Waals surface area contributed by atoms with Gasteiger partial charge in [-0.05, 0) is 36.2 Å². The van der Waals surface area contributed by atoms with Gasteiger partial charge in [0.25, 0.3) is 5.91 Å². The van der Waals surface area contributed by atoms with Crippen LogP contribution in [-0.2, 0) is 6.54 Å². The molecular formula is C18H23N3O2. The number of aromatic nitrogens is 1. The first-order valence-electron chi connectivity index (χ1n) is 7.79. The summed E-state index contributed by atoms with van der Waals surface area (Å²) in [7, 11) is 0. The Kier molecular flexibility index (Phi) is 6.11. The normalized spacial score (nSPS) is 10.6. The largest absolute Gasteiger partial charge is 0.395 e. The van der Waals surface area contributed by atoms with E-state index in [2.05, 4.69) is 29.5 Å². The third-order valence-electron chi connectivity index (χ3n) is 3.42. The molecule has 0 fully saturated rings. The highest BCUT2D eigenvalue weighted by Gasteiger charge is 2.06. The van der Waals surface area contributed by atoms with Crippen molar-refractivity contribution in [2.24, 2.45) is 0 Å². The second kappa shape index (κ2) is 8.29. The van der Waals surface area contributed by atoms with E-state index in [-0.39, 0.29) is 19.1 Å². The van der Waals surface area contributed by atoms with Gasteiger partial charge in [0.15, 0.2) is 0 Å². The molecule has 0 aliphatic carbocycles. The van der Waals surface area contributed by atoms with Crippen LogP contribution in [0.3, 0.4) is 0 Å². The van der Waals surface area contributed by atoms with Crippen LogP contribution in [0.1, 0.15) is 41.5 Å². The van der Waals surface area contributed by atoms with Crippen molar-refractivity contribution in [1.82, 2.24) is 10.3 Å². The van der Waals surface area contributed by atoms with Gasteiger partial charge in [0.05, 0.1) is 18.8 Å². The molecule has 1 aromatic heterocycles. The quantitative estimate of drug-likeness (QED) is 0.734. The molecule has 0 saturated heterocycles. The van der Waals surface area contributed by atoms with Gasteiger partial charge in [0.2, 0.25) is 0 Å². The highest BCUT2D eigenvalue weighted by molar-refractivity contribution is 5.95. The Morgan fingerprint density at radius 2 is 2.00 bits per heavy atom. The van der Waals surface area contributed by atoms with E-state index in [0.29, 0.717) is 18.0 Å². The van der Waals surface area contributed by atoms with Crippen LogP contribution in [0.15, 0.2) is 42.5 Å². The molecule has 0 unspecified atom stereocenters. The highest BCUT2D eigenvalue weighted by Crippen LogP contribution is 2.14. The van der Waals surface area contributed by atoms with E-state index in [1.54, 1.807) is 12.1 Å². The Hall–Kier alpha value is -2.40. The molecule has 0 bridgehead atoms. The number of hydrogen-bond donors (Lipinski definition) is 3. The molecule has 3 N–H and O–H groups in total. The third-order valence-corrected chi connectivity index (χ3v) is 3.42. The topological polar surface area (TPSA) is 74.2 Å². The summed E-state index contributed by atoms with van der Waals surface area (Å²) in [5, 5.41) is 14.7. The summed E-state index contributed by atoms with van der Waals surface area (Å²) >= 11 is 0. The minimum Gasteiger partial charge on any atom is -0.395 e. The van der Waals surface area contributed by atoms with Crippen LogP contribution in [0.25, 0.3) is 0 Å². The van der Waals surface area contributed by atoms with Crippen LogP contribution in [-0.4, -0.2) is 29.1 Å². The Bertz CT molecular complexity index is 656. The van der Waals surface area contributed by atoms with E-state index in [9.17, 15) is 4.79 Å².